The van der Waals surface area contributed by atoms with E-state index >= 15 is 0 Å². The van der Waals surface area contributed by atoms with Crippen LogP contribution in [0.3, 0.4) is 0 Å². The molecule has 1 aromatic carbocycles. The molecule has 1 atom stereocenters. The summed E-state index contributed by atoms with van der Waals surface area (Å²) in [5.74, 6) is -2.24. The van der Waals surface area contributed by atoms with Crippen LogP contribution in [0, 0.1) is 5.92 Å². The number of esters is 1. The second kappa shape index (κ2) is 8.82. The Morgan fingerprint density at radius 3 is 2.35 bits per heavy atom. The lowest BCUT2D eigenvalue weighted by Gasteiger charge is -2.22. The molecule has 0 radical (unpaired) electrons. The van der Waals surface area contributed by atoms with Crippen molar-refractivity contribution in [3.8, 4) is 5.69 Å². The lowest BCUT2D eigenvalue weighted by molar-refractivity contribution is -0.161. The maximum Gasteiger partial charge on any atom is 0.431 e. The van der Waals surface area contributed by atoms with Crippen molar-refractivity contribution < 1.29 is 27.5 Å². The number of halogens is 3. The number of alkyl halides is 3. The molecule has 0 spiro atoms. The van der Waals surface area contributed by atoms with Gasteiger partial charge in [0.25, 0.3) is 5.56 Å². The lowest BCUT2D eigenvalue weighted by atomic mass is 9.97. The van der Waals surface area contributed by atoms with Gasteiger partial charge in [0.1, 0.15) is 23.0 Å². The standard InChI is InChI=1S/C22H22F3N3O5S/c1-11(29)13(19(31)33-21(2,3)4)9-15-14-8-12(6-7-16(14)34-26-15)28-18(30)10-17(22(23,24)25)27(5)20(28)32/h6-8,10,13H,9H2,1-5H3. The van der Waals surface area contributed by atoms with Gasteiger partial charge in [-0.3, -0.25) is 19.0 Å². The zero-order valence-electron chi connectivity index (χ0n) is 19.0. The molecule has 3 aromatic rings. The van der Waals surface area contributed by atoms with E-state index < -0.39 is 46.4 Å². The van der Waals surface area contributed by atoms with Gasteiger partial charge >= 0.3 is 17.8 Å². The summed E-state index contributed by atoms with van der Waals surface area (Å²) in [5.41, 5.74) is -4.07. The maximum atomic E-state index is 13.1. The zero-order valence-corrected chi connectivity index (χ0v) is 19.8. The molecule has 34 heavy (non-hydrogen) atoms. The Kier molecular flexibility index (Phi) is 6.57. The molecule has 0 saturated heterocycles. The maximum absolute atomic E-state index is 13.1. The van der Waals surface area contributed by atoms with Gasteiger partial charge in [0.05, 0.1) is 16.1 Å². The van der Waals surface area contributed by atoms with Crippen molar-refractivity contribution in [1.29, 1.82) is 0 Å². The van der Waals surface area contributed by atoms with Crippen LogP contribution < -0.4 is 11.2 Å². The smallest absolute Gasteiger partial charge is 0.431 e. The molecule has 0 N–H and O–H groups in total. The second-order valence-electron chi connectivity index (χ2n) is 8.75. The molecule has 0 aliphatic carbocycles. The Bertz CT molecular complexity index is 1400. The highest BCUT2D eigenvalue weighted by molar-refractivity contribution is 7.13. The Morgan fingerprint density at radius 2 is 1.79 bits per heavy atom. The first-order chi connectivity index (χ1) is 15.6. The molecule has 3 rings (SSSR count). The van der Waals surface area contributed by atoms with Crippen molar-refractivity contribution in [2.75, 3.05) is 0 Å². The fraction of sp³-hybridized carbons (Fsp3) is 0.409. The molecule has 0 bridgehead atoms. The summed E-state index contributed by atoms with van der Waals surface area (Å²) in [5, 5.41) is 0.464. The molecule has 0 fully saturated rings. The number of ketones is 1. The van der Waals surface area contributed by atoms with Crippen LogP contribution in [0.1, 0.15) is 39.1 Å². The van der Waals surface area contributed by atoms with Crippen LogP contribution in [0.4, 0.5) is 13.2 Å². The Labute approximate surface area is 195 Å². The van der Waals surface area contributed by atoms with Crippen LogP contribution in [0.15, 0.2) is 33.9 Å². The highest BCUT2D eigenvalue weighted by atomic mass is 32.1. The summed E-state index contributed by atoms with van der Waals surface area (Å²) in [6.45, 7) is 6.29. The average Bonchev–Trinajstić information content (AvgIpc) is 3.08. The van der Waals surface area contributed by atoms with Crippen molar-refractivity contribution in [3.63, 3.8) is 0 Å². The second-order valence-corrected chi connectivity index (χ2v) is 9.56. The number of hydrogen-bond acceptors (Lipinski definition) is 7. The first-order valence-electron chi connectivity index (χ1n) is 10.1. The third-order valence-corrected chi connectivity index (χ3v) is 5.84. The van der Waals surface area contributed by atoms with E-state index in [0.717, 1.165) is 18.6 Å². The van der Waals surface area contributed by atoms with E-state index in [4.69, 9.17) is 4.74 Å². The minimum absolute atomic E-state index is 0.0323. The molecule has 8 nitrogen and oxygen atoms in total. The molecule has 2 aromatic heterocycles. The fourth-order valence-corrected chi connectivity index (χ4v) is 4.14. The fourth-order valence-electron chi connectivity index (χ4n) is 3.36. The molecule has 0 amide bonds. The summed E-state index contributed by atoms with van der Waals surface area (Å²) in [4.78, 5) is 49.7. The van der Waals surface area contributed by atoms with E-state index in [1.807, 2.05) is 0 Å². The predicted octanol–water partition coefficient (Wildman–Crippen LogP) is 3.25. The minimum atomic E-state index is -4.87. The lowest BCUT2D eigenvalue weighted by Crippen LogP contribution is -2.40. The van der Waals surface area contributed by atoms with Gasteiger partial charge in [-0.25, -0.2) is 9.36 Å². The first kappa shape index (κ1) is 25.3. The van der Waals surface area contributed by atoms with Crippen LogP contribution in [0.2, 0.25) is 0 Å². The third kappa shape index (κ3) is 5.11. The summed E-state index contributed by atoms with van der Waals surface area (Å²) in [6.07, 6.45) is -4.95. The van der Waals surface area contributed by atoms with E-state index in [2.05, 4.69) is 4.37 Å². The van der Waals surface area contributed by atoms with E-state index in [1.165, 1.54) is 19.1 Å². The number of aromatic nitrogens is 3. The predicted molar refractivity (Wildman–Crippen MR) is 119 cm³/mol. The van der Waals surface area contributed by atoms with Crippen LogP contribution in [0.5, 0.6) is 0 Å². The Balaban J connectivity index is 2.08. The number of hydrogen-bond donors (Lipinski definition) is 0. The van der Waals surface area contributed by atoms with Crippen LogP contribution in [-0.4, -0.2) is 30.9 Å². The largest absolute Gasteiger partial charge is 0.459 e. The van der Waals surface area contributed by atoms with Crippen molar-refractivity contribution in [3.05, 3.63) is 56.5 Å². The van der Waals surface area contributed by atoms with Gasteiger partial charge in [-0.1, -0.05) is 0 Å². The molecule has 1 unspecified atom stereocenters. The normalized spacial score (nSPS) is 13.2. The molecule has 2 heterocycles. The Morgan fingerprint density at radius 1 is 1.15 bits per heavy atom. The van der Waals surface area contributed by atoms with Crippen molar-refractivity contribution >= 4 is 33.4 Å². The van der Waals surface area contributed by atoms with E-state index in [0.29, 0.717) is 31.0 Å². The van der Waals surface area contributed by atoms with E-state index in [-0.39, 0.29) is 12.1 Å². The first-order valence-corrected chi connectivity index (χ1v) is 10.9. The zero-order chi connectivity index (χ0) is 25.6. The average molecular weight is 497 g/mol. The molecule has 12 heteroatoms. The molecule has 0 aliphatic heterocycles. The molecular formula is C22H22F3N3O5S. The molecule has 0 saturated carbocycles. The number of rotatable bonds is 5. The van der Waals surface area contributed by atoms with Crippen LogP contribution in [-0.2, 0) is 34.0 Å². The Hall–Kier alpha value is -3.28. The van der Waals surface area contributed by atoms with Crippen molar-refractivity contribution in [1.82, 2.24) is 13.5 Å². The van der Waals surface area contributed by atoms with Gasteiger partial charge in [-0.15, -0.1) is 0 Å². The minimum Gasteiger partial charge on any atom is -0.459 e. The number of nitrogens with zero attached hydrogens (tertiary/aromatic N) is 3. The highest BCUT2D eigenvalue weighted by Gasteiger charge is 2.35. The molecule has 182 valence electrons. The highest BCUT2D eigenvalue weighted by Crippen LogP contribution is 2.29. The topological polar surface area (TPSA) is 100 Å². The van der Waals surface area contributed by atoms with E-state index in [1.54, 1.807) is 26.8 Å². The number of fused-ring (bicyclic) bond motifs is 1. The van der Waals surface area contributed by atoms with Gasteiger partial charge in [0.15, 0.2) is 0 Å². The number of carbonyl (C=O) groups is 2. The quantitative estimate of drug-likeness (QED) is 0.396. The molecule has 0 aliphatic rings. The summed E-state index contributed by atoms with van der Waals surface area (Å²) >= 11 is 1.08. The monoisotopic (exact) mass is 497 g/mol. The van der Waals surface area contributed by atoms with Gasteiger partial charge < -0.3 is 4.74 Å². The van der Waals surface area contributed by atoms with Gasteiger partial charge in [-0.05, 0) is 57.4 Å². The SMILES string of the molecule is CC(=O)C(Cc1nsc2ccc(-n3c(=O)cc(C(F)(F)F)n(C)c3=O)cc12)C(=O)OC(C)(C)C. The molecular weight excluding hydrogens is 475 g/mol. The van der Waals surface area contributed by atoms with Gasteiger partial charge in [0, 0.05) is 24.9 Å². The van der Waals surface area contributed by atoms with Crippen molar-refractivity contribution in [2.45, 2.75) is 45.9 Å². The van der Waals surface area contributed by atoms with Gasteiger partial charge in [-0.2, -0.15) is 17.5 Å². The number of Topliss-reactive ketones (excluding diaryl/α,β-unsaturated/α-hetero) is 1. The van der Waals surface area contributed by atoms with Crippen LogP contribution >= 0.6 is 11.5 Å². The summed E-state index contributed by atoms with van der Waals surface area (Å²) in [6, 6.07) is 4.76. The van der Waals surface area contributed by atoms with Crippen molar-refractivity contribution in [2.24, 2.45) is 13.0 Å². The number of benzene rings is 1. The summed E-state index contributed by atoms with van der Waals surface area (Å²) in [7, 11) is 0.926. The third-order valence-electron chi connectivity index (χ3n) is 4.98. The number of ether oxygens (including phenoxy) is 1. The van der Waals surface area contributed by atoms with Crippen LogP contribution in [0.25, 0.3) is 15.8 Å². The summed E-state index contributed by atoms with van der Waals surface area (Å²) < 4.78 is 50.7. The van der Waals surface area contributed by atoms with E-state index in [9.17, 15) is 32.3 Å². The number of carbonyl (C=O) groups excluding carboxylic acids is 2. The van der Waals surface area contributed by atoms with Gasteiger partial charge in [0.2, 0.25) is 0 Å².